The molecule has 308 valence electrons. The summed E-state index contributed by atoms with van der Waals surface area (Å²) in [5, 5.41) is 0. The lowest BCUT2D eigenvalue weighted by molar-refractivity contribution is 0.489. The SMILES string of the molecule is CC1(C)c2ccccc2-c2ccc(N(c3cccc(-c4ccccc4)c3)c3ccc4c(c3)Oc3c(-c5ccc(-c6ccccc6)cc5)cccc3-c3cc(-c5ccccc5)ccc3-4)cc21. The molecule has 0 spiro atoms. The highest BCUT2D eigenvalue weighted by atomic mass is 16.5. The van der Waals surface area contributed by atoms with Gasteiger partial charge in [-0.1, -0.05) is 202 Å². The molecule has 10 aromatic carbocycles. The van der Waals surface area contributed by atoms with Crippen molar-refractivity contribution in [1.29, 1.82) is 0 Å². The third kappa shape index (κ3) is 6.65. The van der Waals surface area contributed by atoms with Crippen molar-refractivity contribution in [2.75, 3.05) is 4.90 Å². The molecule has 0 atom stereocenters. The minimum atomic E-state index is -0.155. The van der Waals surface area contributed by atoms with Crippen molar-refractivity contribution >= 4 is 17.1 Å². The molecule has 0 saturated heterocycles. The predicted molar refractivity (Wildman–Crippen MR) is 271 cm³/mol. The Balaban J connectivity index is 1.05. The summed E-state index contributed by atoms with van der Waals surface area (Å²) in [4.78, 5) is 2.40. The molecule has 1 aliphatic carbocycles. The third-order valence-electron chi connectivity index (χ3n) is 13.5. The number of nitrogens with zero attached hydrogens (tertiary/aromatic N) is 1. The predicted octanol–water partition coefficient (Wildman–Crippen LogP) is 17.6. The Kier molecular flexibility index (Phi) is 9.21. The van der Waals surface area contributed by atoms with Gasteiger partial charge in [-0.25, -0.2) is 0 Å². The first-order chi connectivity index (χ1) is 32.0. The lowest BCUT2D eigenvalue weighted by Gasteiger charge is -2.29. The molecule has 0 unspecified atom stereocenters. The molecule has 0 bridgehead atoms. The summed E-state index contributed by atoms with van der Waals surface area (Å²) >= 11 is 0. The summed E-state index contributed by atoms with van der Waals surface area (Å²) in [6, 6.07) is 85.7. The van der Waals surface area contributed by atoms with Crippen molar-refractivity contribution in [3.8, 4) is 89.4 Å². The van der Waals surface area contributed by atoms with Crippen LogP contribution < -0.4 is 9.64 Å². The van der Waals surface area contributed by atoms with Crippen LogP contribution in [0, 0.1) is 0 Å². The van der Waals surface area contributed by atoms with Gasteiger partial charge in [0.1, 0.15) is 11.5 Å². The summed E-state index contributed by atoms with van der Waals surface area (Å²) in [5.74, 6) is 1.65. The molecule has 12 rings (SSSR count). The van der Waals surface area contributed by atoms with Crippen LogP contribution in [0.1, 0.15) is 25.0 Å². The number of anilines is 3. The van der Waals surface area contributed by atoms with Crippen molar-refractivity contribution in [2.45, 2.75) is 19.3 Å². The average molecular weight is 832 g/mol. The van der Waals surface area contributed by atoms with Gasteiger partial charge < -0.3 is 9.64 Å². The van der Waals surface area contributed by atoms with Crippen LogP contribution in [0.15, 0.2) is 237 Å². The molecule has 0 fully saturated rings. The topological polar surface area (TPSA) is 12.5 Å². The fourth-order valence-corrected chi connectivity index (χ4v) is 10.2. The lowest BCUT2D eigenvalue weighted by atomic mass is 9.82. The van der Waals surface area contributed by atoms with Gasteiger partial charge in [-0.3, -0.25) is 0 Å². The highest BCUT2D eigenvalue weighted by Gasteiger charge is 2.36. The second kappa shape index (κ2) is 15.6. The van der Waals surface area contributed by atoms with Gasteiger partial charge in [0.2, 0.25) is 0 Å². The minimum Gasteiger partial charge on any atom is -0.455 e. The van der Waals surface area contributed by atoms with E-state index in [1.807, 2.05) is 0 Å². The number of hydrogen-bond acceptors (Lipinski definition) is 2. The number of benzene rings is 10. The Morgan fingerprint density at radius 1 is 0.292 bits per heavy atom. The van der Waals surface area contributed by atoms with Crippen molar-refractivity contribution in [2.24, 2.45) is 0 Å². The van der Waals surface area contributed by atoms with Crippen molar-refractivity contribution in [3.63, 3.8) is 0 Å². The molecular weight excluding hydrogens is 787 g/mol. The van der Waals surface area contributed by atoms with E-state index in [0.717, 1.165) is 67.5 Å². The molecule has 10 aromatic rings. The number of rotatable bonds is 7. The van der Waals surface area contributed by atoms with E-state index in [1.54, 1.807) is 0 Å². The molecule has 0 radical (unpaired) electrons. The van der Waals surface area contributed by atoms with E-state index in [4.69, 9.17) is 4.74 Å². The van der Waals surface area contributed by atoms with Crippen LogP contribution in [-0.4, -0.2) is 0 Å². The van der Waals surface area contributed by atoms with Crippen LogP contribution in [-0.2, 0) is 5.41 Å². The highest BCUT2D eigenvalue weighted by Crippen LogP contribution is 2.54. The van der Waals surface area contributed by atoms with E-state index in [1.165, 1.54) is 50.1 Å². The molecule has 65 heavy (non-hydrogen) atoms. The quantitative estimate of drug-likeness (QED) is 0.159. The Labute approximate surface area is 381 Å². The van der Waals surface area contributed by atoms with Gasteiger partial charge in [0.05, 0.1) is 0 Å². The van der Waals surface area contributed by atoms with Gasteiger partial charge in [0.15, 0.2) is 0 Å². The smallest absolute Gasteiger partial charge is 0.143 e. The normalized spacial score (nSPS) is 12.7. The highest BCUT2D eigenvalue weighted by molar-refractivity contribution is 5.97. The summed E-state index contributed by atoms with van der Waals surface area (Å²) in [6.45, 7) is 4.70. The molecule has 2 heteroatoms. The van der Waals surface area contributed by atoms with Crippen LogP contribution in [0.5, 0.6) is 11.5 Å². The zero-order valence-electron chi connectivity index (χ0n) is 36.4. The van der Waals surface area contributed by atoms with E-state index in [0.29, 0.717) is 0 Å². The van der Waals surface area contributed by atoms with E-state index in [-0.39, 0.29) is 5.41 Å². The number of ether oxygens (including phenoxy) is 1. The van der Waals surface area contributed by atoms with E-state index in [2.05, 4.69) is 255 Å². The maximum atomic E-state index is 7.41. The van der Waals surface area contributed by atoms with Crippen LogP contribution in [0.25, 0.3) is 77.9 Å². The second-order valence-corrected chi connectivity index (χ2v) is 17.7. The van der Waals surface area contributed by atoms with Crippen molar-refractivity contribution in [1.82, 2.24) is 0 Å². The monoisotopic (exact) mass is 831 g/mol. The third-order valence-corrected chi connectivity index (χ3v) is 13.5. The van der Waals surface area contributed by atoms with Crippen LogP contribution in [0.2, 0.25) is 0 Å². The summed E-state index contributed by atoms with van der Waals surface area (Å²) in [6.07, 6.45) is 0. The minimum absolute atomic E-state index is 0.155. The van der Waals surface area contributed by atoms with Gasteiger partial charge in [-0.15, -0.1) is 0 Å². The Hall–Kier alpha value is -8.20. The van der Waals surface area contributed by atoms with Crippen LogP contribution in [0.3, 0.4) is 0 Å². The maximum absolute atomic E-state index is 7.41. The van der Waals surface area contributed by atoms with Gasteiger partial charge in [-0.05, 0) is 115 Å². The molecule has 0 saturated carbocycles. The van der Waals surface area contributed by atoms with Gasteiger partial charge in [0, 0.05) is 45.2 Å². The summed E-state index contributed by atoms with van der Waals surface area (Å²) < 4.78 is 7.41. The van der Waals surface area contributed by atoms with E-state index < -0.39 is 0 Å². The van der Waals surface area contributed by atoms with Gasteiger partial charge >= 0.3 is 0 Å². The lowest BCUT2D eigenvalue weighted by Crippen LogP contribution is -2.16. The molecule has 2 nitrogen and oxygen atoms in total. The Bertz CT molecular complexity index is 3410. The first-order valence-electron chi connectivity index (χ1n) is 22.5. The number of hydrogen-bond donors (Lipinski definition) is 0. The Morgan fingerprint density at radius 2 is 0.769 bits per heavy atom. The fraction of sp³-hybridized carbons (Fsp3) is 0.0476. The van der Waals surface area contributed by atoms with Gasteiger partial charge in [0.25, 0.3) is 0 Å². The number of para-hydroxylation sites is 1. The zero-order chi connectivity index (χ0) is 43.5. The number of fused-ring (bicyclic) bond motifs is 8. The largest absolute Gasteiger partial charge is 0.455 e. The van der Waals surface area contributed by atoms with Gasteiger partial charge in [-0.2, -0.15) is 0 Å². The molecule has 0 aromatic heterocycles. The molecule has 1 aliphatic heterocycles. The molecule has 0 N–H and O–H groups in total. The fourth-order valence-electron chi connectivity index (χ4n) is 10.2. The van der Waals surface area contributed by atoms with Crippen molar-refractivity contribution in [3.05, 3.63) is 248 Å². The molecule has 2 aliphatic rings. The summed E-state index contributed by atoms with van der Waals surface area (Å²) in [7, 11) is 0. The van der Waals surface area contributed by atoms with E-state index in [9.17, 15) is 0 Å². The Morgan fingerprint density at radius 3 is 1.49 bits per heavy atom. The first-order valence-corrected chi connectivity index (χ1v) is 22.5. The molecule has 1 heterocycles. The van der Waals surface area contributed by atoms with E-state index >= 15 is 0 Å². The maximum Gasteiger partial charge on any atom is 0.143 e. The molecule has 0 amide bonds. The second-order valence-electron chi connectivity index (χ2n) is 17.7. The zero-order valence-corrected chi connectivity index (χ0v) is 36.4. The van der Waals surface area contributed by atoms with Crippen LogP contribution >= 0.6 is 0 Å². The summed E-state index contributed by atoms with van der Waals surface area (Å²) in [5.41, 5.74) is 21.9. The average Bonchev–Trinajstić information content (AvgIpc) is 3.50. The van der Waals surface area contributed by atoms with Crippen LogP contribution in [0.4, 0.5) is 17.1 Å². The standard InChI is InChI=1S/C63H45NO/c1-63(2)59-27-13-12-24-54(59)55-36-33-50(40-60(55)63)64(49-23-14-22-47(38-49)43-18-8-4-9-19-43)51-34-37-56-53-35-32-48(44-20-10-5-11-21-44)39-58(53)57-26-15-25-52(62(57)65-61(56)41-51)46-30-28-45(29-31-46)42-16-6-3-7-17-42/h3-41H,1-2H3. The van der Waals surface area contributed by atoms with Crippen molar-refractivity contribution < 1.29 is 4.74 Å². The molecular formula is C63H45NO. The first kappa shape index (κ1) is 38.5.